The molecule has 0 aromatic carbocycles. The minimum Gasteiger partial charge on any atom is -0.365 e. The molecule has 2 N–H and O–H groups in total. The summed E-state index contributed by atoms with van der Waals surface area (Å²) in [5.41, 5.74) is 3.68. The standard InChI is InChI=1S/C13H18F3N3O/c1-5-12(2,3)19(4)11-8(10(17)20)6-7-9(18-11)13(14,15)16/h6-7H,5H2,1-4H3,(H2,17,20). The number of nitrogens with two attached hydrogens (primary N) is 1. The summed E-state index contributed by atoms with van der Waals surface area (Å²) in [5.74, 6) is -0.862. The van der Waals surface area contributed by atoms with Crippen LogP contribution in [0.25, 0.3) is 0 Å². The normalized spacial score (nSPS) is 12.3. The van der Waals surface area contributed by atoms with Gasteiger partial charge in [-0.1, -0.05) is 6.92 Å². The average Bonchev–Trinajstić information content (AvgIpc) is 2.35. The third-order valence-electron chi connectivity index (χ3n) is 3.52. The first kappa shape index (κ1) is 16.3. The Morgan fingerprint density at radius 3 is 2.30 bits per heavy atom. The van der Waals surface area contributed by atoms with Crippen LogP contribution >= 0.6 is 0 Å². The van der Waals surface area contributed by atoms with Crippen LogP contribution < -0.4 is 10.6 Å². The monoisotopic (exact) mass is 289 g/mol. The first-order valence-electron chi connectivity index (χ1n) is 6.12. The SMILES string of the molecule is CCC(C)(C)N(C)c1nc(C(F)(F)F)ccc1C(N)=O. The molecule has 0 saturated carbocycles. The maximum atomic E-state index is 12.7. The van der Waals surface area contributed by atoms with Gasteiger partial charge in [-0.25, -0.2) is 4.98 Å². The van der Waals surface area contributed by atoms with E-state index in [0.717, 1.165) is 12.1 Å². The van der Waals surface area contributed by atoms with Crippen LogP contribution in [-0.2, 0) is 6.18 Å². The molecule has 20 heavy (non-hydrogen) atoms. The minimum absolute atomic E-state index is 0.0259. The van der Waals surface area contributed by atoms with Gasteiger partial charge in [-0.3, -0.25) is 4.79 Å². The number of aromatic nitrogens is 1. The summed E-state index contributed by atoms with van der Waals surface area (Å²) < 4.78 is 38.2. The van der Waals surface area contributed by atoms with E-state index in [-0.39, 0.29) is 11.4 Å². The summed E-state index contributed by atoms with van der Waals surface area (Å²) in [5, 5.41) is 0. The summed E-state index contributed by atoms with van der Waals surface area (Å²) in [6.07, 6.45) is -3.90. The Labute approximate surface area is 115 Å². The predicted molar refractivity (Wildman–Crippen MR) is 70.5 cm³/mol. The van der Waals surface area contributed by atoms with E-state index >= 15 is 0 Å². The lowest BCUT2D eigenvalue weighted by atomic mass is 9.99. The van der Waals surface area contributed by atoms with Gasteiger partial charge in [0.2, 0.25) is 0 Å². The number of hydrogen-bond acceptors (Lipinski definition) is 3. The van der Waals surface area contributed by atoms with Gasteiger partial charge in [0, 0.05) is 12.6 Å². The molecule has 112 valence electrons. The number of primary amides is 1. The van der Waals surface area contributed by atoms with Crippen LogP contribution in [0.15, 0.2) is 12.1 Å². The van der Waals surface area contributed by atoms with Crippen LogP contribution in [0.1, 0.15) is 43.2 Å². The van der Waals surface area contributed by atoms with Crippen molar-refractivity contribution in [3.05, 3.63) is 23.4 Å². The van der Waals surface area contributed by atoms with E-state index in [4.69, 9.17) is 5.73 Å². The number of nitrogens with zero attached hydrogens (tertiary/aromatic N) is 2. The molecule has 0 fully saturated rings. The molecule has 1 heterocycles. The summed E-state index contributed by atoms with van der Waals surface area (Å²) in [6.45, 7) is 5.59. The van der Waals surface area contributed by atoms with Crippen LogP contribution in [0.3, 0.4) is 0 Å². The first-order chi connectivity index (χ1) is 9.00. The van der Waals surface area contributed by atoms with Crippen LogP contribution in [0.5, 0.6) is 0 Å². The molecule has 4 nitrogen and oxygen atoms in total. The fourth-order valence-corrected chi connectivity index (χ4v) is 1.58. The molecule has 1 aromatic heterocycles. The van der Waals surface area contributed by atoms with Crippen molar-refractivity contribution in [2.24, 2.45) is 5.73 Å². The molecule has 1 rings (SSSR count). The zero-order valence-electron chi connectivity index (χ0n) is 11.9. The van der Waals surface area contributed by atoms with Crippen molar-refractivity contribution < 1.29 is 18.0 Å². The van der Waals surface area contributed by atoms with E-state index < -0.39 is 23.3 Å². The number of rotatable bonds is 4. The van der Waals surface area contributed by atoms with Crippen molar-refractivity contribution in [3.8, 4) is 0 Å². The van der Waals surface area contributed by atoms with Crippen molar-refractivity contribution in [3.63, 3.8) is 0 Å². The van der Waals surface area contributed by atoms with Gasteiger partial charge in [0.1, 0.15) is 11.5 Å². The lowest BCUT2D eigenvalue weighted by Crippen LogP contribution is -2.42. The Bertz CT molecular complexity index is 512. The number of carbonyl (C=O) groups excluding carboxylic acids is 1. The van der Waals surface area contributed by atoms with Crippen LogP contribution in [0.4, 0.5) is 19.0 Å². The van der Waals surface area contributed by atoms with E-state index in [1.807, 2.05) is 20.8 Å². The van der Waals surface area contributed by atoms with Crippen molar-refractivity contribution in [2.75, 3.05) is 11.9 Å². The summed E-state index contributed by atoms with van der Waals surface area (Å²) in [6, 6.07) is 1.83. The lowest BCUT2D eigenvalue weighted by Gasteiger charge is -2.36. The molecular formula is C13H18F3N3O. The van der Waals surface area contributed by atoms with Gasteiger partial charge < -0.3 is 10.6 Å². The Morgan fingerprint density at radius 1 is 1.35 bits per heavy atom. The van der Waals surface area contributed by atoms with Crippen molar-refractivity contribution in [2.45, 2.75) is 38.9 Å². The zero-order chi connectivity index (χ0) is 15.7. The Kier molecular flexibility index (Phi) is 4.31. The quantitative estimate of drug-likeness (QED) is 0.927. The average molecular weight is 289 g/mol. The molecule has 0 spiro atoms. The fourth-order valence-electron chi connectivity index (χ4n) is 1.58. The van der Waals surface area contributed by atoms with Gasteiger partial charge in [0.05, 0.1) is 5.56 Å². The van der Waals surface area contributed by atoms with E-state index in [0.29, 0.717) is 6.42 Å². The van der Waals surface area contributed by atoms with Crippen LogP contribution in [0, 0.1) is 0 Å². The molecule has 0 unspecified atom stereocenters. The Morgan fingerprint density at radius 2 is 1.90 bits per heavy atom. The highest BCUT2D eigenvalue weighted by Gasteiger charge is 2.35. The third-order valence-corrected chi connectivity index (χ3v) is 3.52. The van der Waals surface area contributed by atoms with Crippen molar-refractivity contribution >= 4 is 11.7 Å². The van der Waals surface area contributed by atoms with Gasteiger partial charge in [-0.15, -0.1) is 0 Å². The molecule has 0 aliphatic heterocycles. The van der Waals surface area contributed by atoms with Crippen LogP contribution in [-0.4, -0.2) is 23.5 Å². The molecule has 1 amide bonds. The lowest BCUT2D eigenvalue weighted by molar-refractivity contribution is -0.141. The number of halogens is 3. The molecular weight excluding hydrogens is 271 g/mol. The molecule has 7 heteroatoms. The second-order valence-corrected chi connectivity index (χ2v) is 5.15. The van der Waals surface area contributed by atoms with E-state index in [1.54, 1.807) is 11.9 Å². The largest absolute Gasteiger partial charge is 0.433 e. The Balaban J connectivity index is 3.44. The molecule has 0 saturated heterocycles. The third kappa shape index (κ3) is 3.20. The minimum atomic E-state index is -4.57. The van der Waals surface area contributed by atoms with E-state index in [2.05, 4.69) is 4.98 Å². The second kappa shape index (κ2) is 5.30. The number of pyridine rings is 1. The highest BCUT2D eigenvalue weighted by Crippen LogP contribution is 2.32. The number of carbonyl (C=O) groups is 1. The molecule has 0 aliphatic carbocycles. The van der Waals surface area contributed by atoms with E-state index in [1.165, 1.54) is 0 Å². The zero-order valence-corrected chi connectivity index (χ0v) is 11.9. The van der Waals surface area contributed by atoms with Gasteiger partial charge in [-0.2, -0.15) is 13.2 Å². The maximum Gasteiger partial charge on any atom is 0.433 e. The molecule has 0 aliphatic rings. The molecule has 0 bridgehead atoms. The Hall–Kier alpha value is -1.79. The number of anilines is 1. The first-order valence-corrected chi connectivity index (χ1v) is 6.12. The number of hydrogen-bond donors (Lipinski definition) is 1. The predicted octanol–water partition coefficient (Wildman–Crippen LogP) is 2.82. The van der Waals surface area contributed by atoms with Crippen molar-refractivity contribution in [1.82, 2.24) is 4.98 Å². The molecule has 0 atom stereocenters. The van der Waals surface area contributed by atoms with Gasteiger partial charge >= 0.3 is 6.18 Å². The highest BCUT2D eigenvalue weighted by atomic mass is 19.4. The summed E-state index contributed by atoms with van der Waals surface area (Å²) in [4.78, 5) is 16.5. The summed E-state index contributed by atoms with van der Waals surface area (Å²) in [7, 11) is 1.60. The number of alkyl halides is 3. The van der Waals surface area contributed by atoms with Gasteiger partial charge in [-0.05, 0) is 32.4 Å². The molecule has 0 radical (unpaired) electrons. The van der Waals surface area contributed by atoms with Crippen LogP contribution in [0.2, 0.25) is 0 Å². The smallest absolute Gasteiger partial charge is 0.365 e. The van der Waals surface area contributed by atoms with Gasteiger partial charge in [0.15, 0.2) is 0 Å². The topological polar surface area (TPSA) is 59.2 Å². The second-order valence-electron chi connectivity index (χ2n) is 5.15. The van der Waals surface area contributed by atoms with Crippen molar-refractivity contribution in [1.29, 1.82) is 0 Å². The summed E-state index contributed by atoms with van der Waals surface area (Å²) >= 11 is 0. The highest BCUT2D eigenvalue weighted by molar-refractivity contribution is 5.97. The number of amides is 1. The molecule has 1 aromatic rings. The maximum absolute atomic E-state index is 12.7. The fraction of sp³-hybridized carbons (Fsp3) is 0.538. The van der Waals surface area contributed by atoms with E-state index in [9.17, 15) is 18.0 Å². The van der Waals surface area contributed by atoms with Gasteiger partial charge in [0.25, 0.3) is 5.91 Å².